The van der Waals surface area contributed by atoms with E-state index in [1.54, 1.807) is 13.0 Å². The number of pyridine rings is 1. The molecular formula is C14H20FN3O. The van der Waals surface area contributed by atoms with Crippen molar-refractivity contribution in [3.8, 4) is 0 Å². The van der Waals surface area contributed by atoms with Gasteiger partial charge in [-0.25, -0.2) is 4.39 Å². The molecular weight excluding hydrogens is 245 g/mol. The van der Waals surface area contributed by atoms with Crippen LogP contribution in [0.25, 0.3) is 0 Å². The fourth-order valence-corrected chi connectivity index (χ4v) is 2.44. The predicted octanol–water partition coefficient (Wildman–Crippen LogP) is 1.88. The number of aromatic nitrogens is 1. The van der Waals surface area contributed by atoms with Crippen LogP contribution in [0.3, 0.4) is 0 Å². The standard InChI is InChI=1S/C14H20FN3O/c1-10(14-4-3-12(15)9-16-14)17-13-5-7-18(8-6-13)11(2)19/h3-4,9-10,13,17H,5-8H2,1-2H3. The number of rotatable bonds is 3. The Hall–Kier alpha value is -1.49. The Labute approximate surface area is 113 Å². The Morgan fingerprint density at radius 2 is 2.16 bits per heavy atom. The van der Waals surface area contributed by atoms with Crippen molar-refractivity contribution in [2.24, 2.45) is 0 Å². The summed E-state index contributed by atoms with van der Waals surface area (Å²) in [5.41, 5.74) is 0.843. The van der Waals surface area contributed by atoms with E-state index in [1.807, 2.05) is 11.8 Å². The summed E-state index contributed by atoms with van der Waals surface area (Å²) < 4.78 is 12.8. The molecule has 19 heavy (non-hydrogen) atoms. The first-order valence-corrected chi connectivity index (χ1v) is 6.69. The topological polar surface area (TPSA) is 45.2 Å². The average Bonchev–Trinajstić information content (AvgIpc) is 2.40. The van der Waals surface area contributed by atoms with Crippen molar-refractivity contribution < 1.29 is 9.18 Å². The maximum atomic E-state index is 12.8. The van der Waals surface area contributed by atoms with Crippen molar-refractivity contribution in [1.29, 1.82) is 0 Å². The zero-order chi connectivity index (χ0) is 13.8. The van der Waals surface area contributed by atoms with Gasteiger partial charge in [0.25, 0.3) is 0 Å². The highest BCUT2D eigenvalue weighted by molar-refractivity contribution is 5.73. The van der Waals surface area contributed by atoms with E-state index in [0.29, 0.717) is 6.04 Å². The Morgan fingerprint density at radius 1 is 1.47 bits per heavy atom. The lowest BCUT2D eigenvalue weighted by molar-refractivity contribution is -0.129. The van der Waals surface area contributed by atoms with E-state index in [9.17, 15) is 9.18 Å². The number of carbonyl (C=O) groups is 1. The molecule has 2 heterocycles. The molecule has 104 valence electrons. The molecule has 1 fully saturated rings. The van der Waals surface area contributed by atoms with E-state index in [4.69, 9.17) is 0 Å². The summed E-state index contributed by atoms with van der Waals surface area (Å²) in [4.78, 5) is 17.2. The minimum Gasteiger partial charge on any atom is -0.343 e. The molecule has 1 amide bonds. The van der Waals surface area contributed by atoms with Crippen LogP contribution < -0.4 is 5.32 Å². The molecule has 1 saturated heterocycles. The molecule has 0 aliphatic carbocycles. The number of nitrogens with one attached hydrogen (secondary N) is 1. The third-order valence-corrected chi connectivity index (χ3v) is 3.62. The largest absolute Gasteiger partial charge is 0.343 e. The van der Waals surface area contributed by atoms with E-state index in [2.05, 4.69) is 10.3 Å². The van der Waals surface area contributed by atoms with Crippen LogP contribution in [0.1, 0.15) is 38.4 Å². The van der Waals surface area contributed by atoms with Gasteiger partial charge in [-0.15, -0.1) is 0 Å². The zero-order valence-corrected chi connectivity index (χ0v) is 11.4. The molecule has 1 aliphatic heterocycles. The van der Waals surface area contributed by atoms with Gasteiger partial charge in [-0.2, -0.15) is 0 Å². The second-order valence-corrected chi connectivity index (χ2v) is 5.07. The Kier molecular flexibility index (Phi) is 4.47. The van der Waals surface area contributed by atoms with Crippen LogP contribution >= 0.6 is 0 Å². The second-order valence-electron chi connectivity index (χ2n) is 5.07. The summed E-state index contributed by atoms with van der Waals surface area (Å²) in [6.07, 6.45) is 3.14. The highest BCUT2D eigenvalue weighted by Crippen LogP contribution is 2.16. The third kappa shape index (κ3) is 3.73. The van der Waals surface area contributed by atoms with Gasteiger partial charge in [0.1, 0.15) is 5.82 Å². The van der Waals surface area contributed by atoms with Gasteiger partial charge in [0.2, 0.25) is 5.91 Å². The molecule has 1 unspecified atom stereocenters. The SMILES string of the molecule is CC(=O)N1CCC(NC(C)c2ccc(F)cn2)CC1. The molecule has 1 atom stereocenters. The third-order valence-electron chi connectivity index (χ3n) is 3.62. The van der Waals surface area contributed by atoms with Gasteiger partial charge >= 0.3 is 0 Å². The molecule has 0 bridgehead atoms. The van der Waals surface area contributed by atoms with E-state index in [1.165, 1.54) is 12.3 Å². The normalized spacial score (nSPS) is 18.4. The van der Waals surface area contributed by atoms with Crippen molar-refractivity contribution in [3.63, 3.8) is 0 Å². The lowest BCUT2D eigenvalue weighted by atomic mass is 10.0. The smallest absolute Gasteiger partial charge is 0.219 e. The molecule has 4 nitrogen and oxygen atoms in total. The first kappa shape index (κ1) is 13.9. The molecule has 1 aromatic heterocycles. The molecule has 5 heteroatoms. The number of amides is 1. The molecule has 1 N–H and O–H groups in total. The summed E-state index contributed by atoms with van der Waals surface area (Å²) in [7, 11) is 0. The van der Waals surface area contributed by atoms with Crippen LogP contribution in [0.15, 0.2) is 18.3 Å². The summed E-state index contributed by atoms with van der Waals surface area (Å²) in [6.45, 7) is 5.24. The molecule has 1 aromatic rings. The number of hydrogen-bond donors (Lipinski definition) is 1. The van der Waals surface area contributed by atoms with E-state index < -0.39 is 0 Å². The maximum absolute atomic E-state index is 12.8. The first-order chi connectivity index (χ1) is 9.06. The van der Waals surface area contributed by atoms with Crippen LogP contribution in [-0.2, 0) is 4.79 Å². The Morgan fingerprint density at radius 3 is 2.68 bits per heavy atom. The first-order valence-electron chi connectivity index (χ1n) is 6.69. The van der Waals surface area contributed by atoms with Gasteiger partial charge in [-0.05, 0) is 31.9 Å². The fraction of sp³-hybridized carbons (Fsp3) is 0.571. The summed E-state index contributed by atoms with van der Waals surface area (Å²) in [5.74, 6) is -0.169. The van der Waals surface area contributed by atoms with Gasteiger partial charge in [0.15, 0.2) is 0 Å². The lowest BCUT2D eigenvalue weighted by Crippen LogP contribution is -2.44. The van der Waals surface area contributed by atoms with Crippen LogP contribution in [0.5, 0.6) is 0 Å². The molecule has 0 saturated carbocycles. The summed E-state index contributed by atoms with van der Waals surface area (Å²) in [6, 6.07) is 3.61. The van der Waals surface area contributed by atoms with Crippen molar-refractivity contribution in [3.05, 3.63) is 29.8 Å². The van der Waals surface area contributed by atoms with Gasteiger partial charge in [-0.1, -0.05) is 0 Å². The van der Waals surface area contributed by atoms with Crippen molar-refractivity contribution in [2.75, 3.05) is 13.1 Å². The number of likely N-dealkylation sites (tertiary alicyclic amines) is 1. The molecule has 0 radical (unpaired) electrons. The lowest BCUT2D eigenvalue weighted by Gasteiger charge is -2.33. The molecule has 0 spiro atoms. The minimum atomic E-state index is -0.314. The number of piperidine rings is 1. The summed E-state index contributed by atoms with van der Waals surface area (Å²) in [5, 5.41) is 3.49. The molecule has 0 aromatic carbocycles. The molecule has 1 aliphatic rings. The average molecular weight is 265 g/mol. The monoisotopic (exact) mass is 265 g/mol. The Balaban J connectivity index is 1.85. The highest BCUT2D eigenvalue weighted by Gasteiger charge is 2.22. The van der Waals surface area contributed by atoms with E-state index in [-0.39, 0.29) is 17.8 Å². The zero-order valence-electron chi connectivity index (χ0n) is 11.4. The Bertz CT molecular complexity index is 427. The van der Waals surface area contributed by atoms with Gasteiger partial charge < -0.3 is 10.2 Å². The van der Waals surface area contributed by atoms with Crippen LogP contribution in [0, 0.1) is 5.82 Å². The number of halogens is 1. The number of carbonyl (C=O) groups excluding carboxylic acids is 1. The number of nitrogens with zero attached hydrogens (tertiary/aromatic N) is 2. The summed E-state index contributed by atoms with van der Waals surface area (Å²) >= 11 is 0. The predicted molar refractivity (Wildman–Crippen MR) is 71.0 cm³/mol. The second kappa shape index (κ2) is 6.10. The highest BCUT2D eigenvalue weighted by atomic mass is 19.1. The van der Waals surface area contributed by atoms with E-state index >= 15 is 0 Å². The quantitative estimate of drug-likeness (QED) is 0.907. The van der Waals surface area contributed by atoms with Crippen molar-refractivity contribution in [1.82, 2.24) is 15.2 Å². The fourth-order valence-electron chi connectivity index (χ4n) is 2.44. The van der Waals surface area contributed by atoms with Crippen molar-refractivity contribution in [2.45, 2.75) is 38.8 Å². The van der Waals surface area contributed by atoms with Crippen LogP contribution in [0.4, 0.5) is 4.39 Å². The maximum Gasteiger partial charge on any atom is 0.219 e. The van der Waals surface area contributed by atoms with Gasteiger partial charge in [0.05, 0.1) is 11.9 Å². The number of hydrogen-bond acceptors (Lipinski definition) is 3. The van der Waals surface area contributed by atoms with Gasteiger partial charge in [0, 0.05) is 32.1 Å². The van der Waals surface area contributed by atoms with Crippen molar-refractivity contribution >= 4 is 5.91 Å². The minimum absolute atomic E-state index is 0.0921. The van der Waals surface area contributed by atoms with Crippen LogP contribution in [0.2, 0.25) is 0 Å². The van der Waals surface area contributed by atoms with Crippen LogP contribution in [-0.4, -0.2) is 34.9 Å². The van der Waals surface area contributed by atoms with Gasteiger partial charge in [-0.3, -0.25) is 9.78 Å². The molecule has 2 rings (SSSR count). The van der Waals surface area contributed by atoms with E-state index in [0.717, 1.165) is 31.6 Å².